The highest BCUT2D eigenvalue weighted by Gasteiger charge is 2.30. The van der Waals surface area contributed by atoms with Crippen LogP contribution in [0.1, 0.15) is 30.4 Å². The third kappa shape index (κ3) is 3.44. The molecule has 1 aromatic carbocycles. The molecule has 0 bridgehead atoms. The zero-order chi connectivity index (χ0) is 17.8. The second kappa shape index (κ2) is 7.53. The van der Waals surface area contributed by atoms with Crippen molar-refractivity contribution < 1.29 is 14.3 Å². The summed E-state index contributed by atoms with van der Waals surface area (Å²) in [4.78, 5) is 15.1. The number of hydrogen-bond donors (Lipinski definition) is 2. The number of pyridine rings is 1. The summed E-state index contributed by atoms with van der Waals surface area (Å²) < 4.78 is 12.0. The minimum Gasteiger partial charge on any atom is -0.474 e. The number of carbonyl (C=O) groups excluding carboxylic acids is 1. The van der Waals surface area contributed by atoms with Crippen LogP contribution >= 0.6 is 0 Å². The third-order valence-corrected chi connectivity index (χ3v) is 4.45. The number of rotatable bonds is 7. The summed E-state index contributed by atoms with van der Waals surface area (Å²) in [5.74, 6) is 3.30. The molecule has 2 heterocycles. The Morgan fingerprint density at radius 3 is 2.88 bits per heavy atom. The zero-order valence-electron chi connectivity index (χ0n) is 14.7. The third-order valence-electron chi connectivity index (χ3n) is 4.45. The lowest BCUT2D eigenvalue weighted by Gasteiger charge is -2.14. The van der Waals surface area contributed by atoms with E-state index in [-0.39, 0.29) is 12.1 Å². The predicted octanol–water partition coefficient (Wildman–Crippen LogP) is 3.09. The first-order chi connectivity index (χ1) is 12.2. The minimum absolute atomic E-state index is 0.0229. The Hall–Kier alpha value is -2.60. The lowest BCUT2D eigenvalue weighted by Crippen LogP contribution is -2.31. The fourth-order valence-corrected chi connectivity index (χ4v) is 3.12. The molecule has 1 aromatic heterocycles. The van der Waals surface area contributed by atoms with Crippen molar-refractivity contribution in [3.05, 3.63) is 41.6 Å². The summed E-state index contributed by atoms with van der Waals surface area (Å²) in [5.41, 5.74) is 2.02. The summed E-state index contributed by atoms with van der Waals surface area (Å²) in [6.07, 6.45) is 3.58. The molecule has 1 aliphatic heterocycles. The number of anilines is 1. The van der Waals surface area contributed by atoms with Gasteiger partial charge < -0.3 is 19.6 Å². The molecule has 2 N–H and O–H groups in total. The predicted molar refractivity (Wildman–Crippen MR) is 96.6 cm³/mol. The van der Waals surface area contributed by atoms with E-state index in [0.717, 1.165) is 34.7 Å². The van der Waals surface area contributed by atoms with Crippen LogP contribution in [-0.4, -0.2) is 31.6 Å². The number of aldehydes is 1. The number of likely N-dealkylation sites (N-methyl/N-ethyl adjacent to an activating group) is 1. The van der Waals surface area contributed by atoms with Gasteiger partial charge in [-0.05, 0) is 37.7 Å². The van der Waals surface area contributed by atoms with Gasteiger partial charge in [-0.15, -0.1) is 0 Å². The number of carbonyl (C=O) groups is 1. The van der Waals surface area contributed by atoms with Crippen LogP contribution in [0.4, 0.5) is 5.82 Å². The van der Waals surface area contributed by atoms with Crippen molar-refractivity contribution in [3.8, 4) is 17.2 Å². The van der Waals surface area contributed by atoms with E-state index in [9.17, 15) is 4.79 Å². The van der Waals surface area contributed by atoms with Gasteiger partial charge in [-0.2, -0.15) is 0 Å². The van der Waals surface area contributed by atoms with E-state index in [1.165, 1.54) is 0 Å². The van der Waals surface area contributed by atoms with Gasteiger partial charge in [0.2, 0.25) is 0 Å². The van der Waals surface area contributed by atoms with Crippen LogP contribution in [0.3, 0.4) is 0 Å². The van der Waals surface area contributed by atoms with E-state index in [0.29, 0.717) is 18.6 Å². The summed E-state index contributed by atoms with van der Waals surface area (Å²) in [6.45, 7) is 2.12. The summed E-state index contributed by atoms with van der Waals surface area (Å²) in [7, 11) is 3.70. The Morgan fingerprint density at radius 2 is 2.16 bits per heavy atom. The molecule has 25 heavy (non-hydrogen) atoms. The molecule has 1 unspecified atom stereocenters. The molecule has 6 nitrogen and oxygen atoms in total. The normalized spacial score (nSPS) is 18.4. The van der Waals surface area contributed by atoms with Crippen LogP contribution in [0, 0.1) is 0 Å². The molecular formula is C19H23N3O3. The van der Waals surface area contributed by atoms with Gasteiger partial charge in [-0.25, -0.2) is 4.98 Å². The Labute approximate surface area is 147 Å². The average molecular weight is 341 g/mol. The number of benzene rings is 1. The van der Waals surface area contributed by atoms with Gasteiger partial charge in [0.1, 0.15) is 29.4 Å². The molecule has 0 saturated heterocycles. The average Bonchev–Trinajstić information content (AvgIpc) is 2.96. The van der Waals surface area contributed by atoms with E-state index in [2.05, 4.69) is 22.5 Å². The smallest absolute Gasteiger partial charge is 0.156 e. The van der Waals surface area contributed by atoms with Crippen LogP contribution in [0.15, 0.2) is 30.5 Å². The molecular weight excluding hydrogens is 318 g/mol. The van der Waals surface area contributed by atoms with Crippen molar-refractivity contribution >= 4 is 12.1 Å². The van der Waals surface area contributed by atoms with E-state index < -0.39 is 0 Å². The lowest BCUT2D eigenvalue weighted by molar-refractivity contribution is -0.107. The highest BCUT2D eigenvalue weighted by Crippen LogP contribution is 2.40. The Bertz CT molecular complexity index is 764. The van der Waals surface area contributed by atoms with Crippen molar-refractivity contribution in [1.29, 1.82) is 0 Å². The van der Waals surface area contributed by atoms with Crippen molar-refractivity contribution in [2.75, 3.05) is 19.4 Å². The maximum atomic E-state index is 10.8. The number of aromatic nitrogens is 1. The maximum Gasteiger partial charge on any atom is 0.156 e. The Kier molecular flexibility index (Phi) is 5.19. The minimum atomic E-state index is -0.0229. The molecule has 132 valence electrons. The van der Waals surface area contributed by atoms with E-state index in [4.69, 9.17) is 9.47 Å². The van der Waals surface area contributed by atoms with Gasteiger partial charge >= 0.3 is 0 Å². The van der Waals surface area contributed by atoms with Crippen molar-refractivity contribution in [2.24, 2.45) is 0 Å². The fraction of sp³-hybridized carbons (Fsp3) is 0.368. The number of hydrogen-bond acceptors (Lipinski definition) is 6. The van der Waals surface area contributed by atoms with Crippen LogP contribution in [0.25, 0.3) is 0 Å². The van der Waals surface area contributed by atoms with Gasteiger partial charge in [0, 0.05) is 36.7 Å². The topological polar surface area (TPSA) is 72.5 Å². The standard InChI is InChI=1S/C19H23N3O3/c1-12-15-11-13(6-7-16(15)25-19(12)21-3)24-17-8-9-22-18(20-2)14(17)5-4-10-23/h6-12,19,21H,4-5H2,1-3H3,(H,20,22)/t12?,19-/m1/s1. The van der Waals surface area contributed by atoms with Crippen molar-refractivity contribution in [1.82, 2.24) is 10.3 Å². The number of fused-ring (bicyclic) bond motifs is 1. The maximum absolute atomic E-state index is 10.8. The van der Waals surface area contributed by atoms with Crippen LogP contribution in [-0.2, 0) is 11.2 Å². The molecule has 0 radical (unpaired) electrons. The molecule has 2 aromatic rings. The van der Waals surface area contributed by atoms with Crippen molar-refractivity contribution in [3.63, 3.8) is 0 Å². The molecule has 0 aliphatic carbocycles. The number of nitrogens with zero attached hydrogens (tertiary/aromatic N) is 1. The number of ether oxygens (including phenoxy) is 2. The molecule has 2 atom stereocenters. The first-order valence-electron chi connectivity index (χ1n) is 8.43. The van der Waals surface area contributed by atoms with E-state index >= 15 is 0 Å². The van der Waals surface area contributed by atoms with Crippen LogP contribution in [0.5, 0.6) is 17.2 Å². The largest absolute Gasteiger partial charge is 0.474 e. The molecule has 6 heteroatoms. The Morgan fingerprint density at radius 1 is 1.32 bits per heavy atom. The fourth-order valence-electron chi connectivity index (χ4n) is 3.12. The lowest BCUT2D eigenvalue weighted by atomic mass is 10.0. The number of nitrogens with one attached hydrogen (secondary N) is 2. The molecule has 0 amide bonds. The first-order valence-corrected chi connectivity index (χ1v) is 8.43. The van der Waals surface area contributed by atoms with Gasteiger partial charge in [0.15, 0.2) is 6.23 Å². The molecule has 0 spiro atoms. The zero-order valence-corrected chi connectivity index (χ0v) is 14.7. The van der Waals surface area contributed by atoms with Gasteiger partial charge in [-0.1, -0.05) is 6.92 Å². The van der Waals surface area contributed by atoms with Gasteiger partial charge in [-0.3, -0.25) is 5.32 Å². The van der Waals surface area contributed by atoms with E-state index in [1.807, 2.05) is 38.4 Å². The molecule has 0 fully saturated rings. The highest BCUT2D eigenvalue weighted by molar-refractivity contribution is 5.57. The summed E-state index contributed by atoms with van der Waals surface area (Å²) in [6, 6.07) is 7.67. The summed E-state index contributed by atoms with van der Waals surface area (Å²) >= 11 is 0. The quantitative estimate of drug-likeness (QED) is 0.754. The van der Waals surface area contributed by atoms with Gasteiger partial charge in [0.25, 0.3) is 0 Å². The Balaban J connectivity index is 1.89. The monoisotopic (exact) mass is 341 g/mol. The highest BCUT2D eigenvalue weighted by atomic mass is 16.5. The van der Waals surface area contributed by atoms with Crippen molar-refractivity contribution in [2.45, 2.75) is 31.9 Å². The second-order valence-corrected chi connectivity index (χ2v) is 6.01. The first kappa shape index (κ1) is 17.2. The SMILES string of the molecule is CNc1nccc(Oc2ccc3c(c2)C(C)[C@H](NC)O3)c1CCC=O. The molecule has 3 rings (SSSR count). The molecule has 1 aliphatic rings. The van der Waals surface area contributed by atoms with Crippen LogP contribution in [0.2, 0.25) is 0 Å². The molecule has 0 saturated carbocycles. The summed E-state index contributed by atoms with van der Waals surface area (Å²) in [5, 5.41) is 6.22. The second-order valence-electron chi connectivity index (χ2n) is 6.01. The van der Waals surface area contributed by atoms with E-state index in [1.54, 1.807) is 6.20 Å². The van der Waals surface area contributed by atoms with Gasteiger partial charge in [0.05, 0.1) is 0 Å². The van der Waals surface area contributed by atoms with Crippen LogP contribution < -0.4 is 20.1 Å².